The van der Waals surface area contributed by atoms with Gasteiger partial charge in [-0.1, -0.05) is 49.4 Å². The summed E-state index contributed by atoms with van der Waals surface area (Å²) in [5, 5.41) is 8.12. The van der Waals surface area contributed by atoms with Crippen molar-refractivity contribution in [3.8, 4) is 0 Å². The molecule has 0 amide bonds. The van der Waals surface area contributed by atoms with E-state index < -0.39 is 0 Å². The second-order valence-electron chi connectivity index (χ2n) is 9.03. The molecular weight excluding hydrogens is 524 g/mol. The van der Waals surface area contributed by atoms with E-state index in [2.05, 4.69) is 159 Å². The van der Waals surface area contributed by atoms with Crippen molar-refractivity contribution in [3.05, 3.63) is 168 Å². The van der Waals surface area contributed by atoms with Crippen LogP contribution >= 0.6 is 0 Å². The van der Waals surface area contributed by atoms with Gasteiger partial charge in [0.2, 0.25) is 0 Å². The third-order valence-electron chi connectivity index (χ3n) is 6.55. The van der Waals surface area contributed by atoms with Crippen LogP contribution in [0.4, 0.5) is 0 Å². The van der Waals surface area contributed by atoms with Gasteiger partial charge in [-0.3, -0.25) is 0 Å². The first-order valence-corrected chi connectivity index (χ1v) is 13.8. The molecule has 0 saturated heterocycles. The Bertz CT molecular complexity index is 1640. The Morgan fingerprint density at radius 1 is 0.486 bits per heavy atom. The molecule has 0 N–H and O–H groups in total. The fraction of sp³-hybridized carbons (Fsp3) is 0.0278. The van der Waals surface area contributed by atoms with Crippen molar-refractivity contribution in [2.75, 3.05) is 0 Å². The van der Waals surface area contributed by atoms with Crippen molar-refractivity contribution in [2.24, 2.45) is 0 Å². The van der Waals surface area contributed by atoms with Gasteiger partial charge in [0.05, 0.1) is 0 Å². The van der Waals surface area contributed by atoms with Crippen LogP contribution in [0.15, 0.2) is 152 Å². The summed E-state index contributed by atoms with van der Waals surface area (Å²) in [4.78, 5) is 0. The summed E-state index contributed by atoms with van der Waals surface area (Å²) < 4.78 is 1.42. The molecule has 7 rings (SSSR count). The Morgan fingerprint density at radius 3 is 1.38 bits per heavy atom. The van der Waals surface area contributed by atoms with Crippen LogP contribution in [0, 0.1) is 6.92 Å². The van der Waals surface area contributed by atoms with Crippen LogP contribution in [0.3, 0.4) is 0 Å². The molecule has 0 radical (unpaired) electrons. The predicted octanol–water partition coefficient (Wildman–Crippen LogP) is 9.38. The Labute approximate surface area is 233 Å². The topological polar surface area (TPSA) is 0 Å². The second-order valence-corrected chi connectivity index (χ2v) is 10.3. The number of aryl methyl sites for hydroxylation is 1. The molecule has 0 nitrogen and oxygen atoms in total. The minimum Gasteiger partial charge on any atom is -0.126 e. The number of benzene rings is 5. The zero-order valence-corrected chi connectivity index (χ0v) is 23.4. The number of rotatable bonds is 2. The van der Waals surface area contributed by atoms with E-state index in [0.29, 0.717) is 0 Å². The van der Waals surface area contributed by atoms with Gasteiger partial charge in [0.25, 0.3) is 0 Å². The van der Waals surface area contributed by atoms with Crippen LogP contribution in [0.25, 0.3) is 32.3 Å². The molecular formula is C36H28Zr. The van der Waals surface area contributed by atoms with E-state index in [1.807, 2.05) is 0 Å². The molecule has 0 heterocycles. The molecule has 0 aromatic heterocycles. The van der Waals surface area contributed by atoms with Gasteiger partial charge >= 0.3 is 99.2 Å². The molecule has 7 aromatic rings. The SMILES string of the molecule is Cc1c[cH-]c2ccccc12.[Zr+2]=[C](c1ccccc1)c1ccccc1.c1ccc2c(c1)[cH-]c1ccccc12. The van der Waals surface area contributed by atoms with E-state index in [0.717, 1.165) is 0 Å². The van der Waals surface area contributed by atoms with Gasteiger partial charge in [0.1, 0.15) is 0 Å². The average Bonchev–Trinajstić information content (AvgIpc) is 3.55. The molecule has 0 saturated carbocycles. The van der Waals surface area contributed by atoms with E-state index in [4.69, 9.17) is 0 Å². The van der Waals surface area contributed by atoms with Crippen LogP contribution in [0.5, 0.6) is 0 Å². The monoisotopic (exact) mass is 550 g/mol. The summed E-state index contributed by atoms with van der Waals surface area (Å²) in [6.07, 6.45) is 0. The normalized spacial score (nSPS) is 10.5. The van der Waals surface area contributed by atoms with E-state index in [-0.39, 0.29) is 0 Å². The first kappa shape index (κ1) is 25.0. The van der Waals surface area contributed by atoms with Crippen LogP contribution in [-0.2, 0) is 24.2 Å². The van der Waals surface area contributed by atoms with Gasteiger partial charge in [-0.05, 0) is 0 Å². The van der Waals surface area contributed by atoms with Crippen LogP contribution in [0.2, 0.25) is 0 Å². The quantitative estimate of drug-likeness (QED) is 0.188. The van der Waals surface area contributed by atoms with Crippen LogP contribution in [-0.4, -0.2) is 3.21 Å². The summed E-state index contributed by atoms with van der Waals surface area (Å²) in [6.45, 7) is 2.14. The van der Waals surface area contributed by atoms with Gasteiger partial charge in [-0.15, -0.1) is 74.8 Å². The molecule has 0 fully saturated rings. The summed E-state index contributed by atoms with van der Waals surface area (Å²) in [5.41, 5.74) is 4.03. The van der Waals surface area contributed by atoms with Gasteiger partial charge in [-0.25, -0.2) is 0 Å². The molecule has 0 aliphatic heterocycles. The third-order valence-corrected chi connectivity index (χ3v) is 7.97. The Kier molecular flexibility index (Phi) is 8.14. The van der Waals surface area contributed by atoms with Crippen LogP contribution in [0.1, 0.15) is 16.7 Å². The largest absolute Gasteiger partial charge is 0.126 e. The zero-order valence-electron chi connectivity index (χ0n) is 20.9. The second kappa shape index (κ2) is 12.0. The molecule has 0 bridgehead atoms. The summed E-state index contributed by atoms with van der Waals surface area (Å²) in [5.74, 6) is 0. The standard InChI is InChI=1S/C13H9.C13H10.C10H9.Zr/c1-3-7-12-10(5-1)9-11-6-2-4-8-13(11)12;1-3-7-12(8-4-1)11-13-9-5-2-6-10-13;1-8-6-7-9-4-2-3-5-10(8)9;/h1-9H;1-10H;2-7H,1H3;/q-1;;-1;+2. The van der Waals surface area contributed by atoms with Gasteiger partial charge < -0.3 is 0 Å². The number of hydrogen-bond acceptors (Lipinski definition) is 0. The zero-order chi connectivity index (χ0) is 25.5. The van der Waals surface area contributed by atoms with Crippen LogP contribution < -0.4 is 0 Å². The van der Waals surface area contributed by atoms with Gasteiger partial charge in [-0.2, -0.15) is 11.6 Å². The summed E-state index contributed by atoms with van der Waals surface area (Å²) in [7, 11) is 0. The number of hydrogen-bond donors (Lipinski definition) is 0. The fourth-order valence-electron chi connectivity index (χ4n) is 4.59. The van der Waals surface area contributed by atoms with E-state index in [1.165, 1.54) is 76.4 Å². The molecule has 0 unspecified atom stereocenters. The first-order chi connectivity index (χ1) is 18.2. The van der Waals surface area contributed by atoms with E-state index in [9.17, 15) is 0 Å². The van der Waals surface area contributed by atoms with Crippen molar-refractivity contribution in [1.29, 1.82) is 0 Å². The van der Waals surface area contributed by atoms with Crippen molar-refractivity contribution >= 4 is 35.5 Å². The van der Waals surface area contributed by atoms with E-state index in [1.54, 1.807) is 0 Å². The smallest absolute Gasteiger partial charge is 0.0771 e. The fourth-order valence-corrected chi connectivity index (χ4v) is 5.41. The molecule has 0 atom stereocenters. The van der Waals surface area contributed by atoms with Crippen molar-refractivity contribution < 1.29 is 24.2 Å². The summed E-state index contributed by atoms with van der Waals surface area (Å²) >= 11 is 1.46. The maximum absolute atomic E-state index is 2.24. The Morgan fingerprint density at radius 2 is 0.892 bits per heavy atom. The Balaban J connectivity index is 0.000000115. The van der Waals surface area contributed by atoms with Crippen molar-refractivity contribution in [1.82, 2.24) is 0 Å². The molecule has 176 valence electrons. The van der Waals surface area contributed by atoms with Gasteiger partial charge in [0.15, 0.2) is 0 Å². The van der Waals surface area contributed by atoms with Crippen molar-refractivity contribution in [2.45, 2.75) is 6.92 Å². The molecule has 1 heteroatoms. The maximum atomic E-state index is 2.24. The molecule has 0 aliphatic carbocycles. The third kappa shape index (κ3) is 6.01. The maximum Gasteiger partial charge on any atom is -0.0771 e. The van der Waals surface area contributed by atoms with E-state index >= 15 is 0 Å². The molecule has 37 heavy (non-hydrogen) atoms. The average molecular weight is 552 g/mol. The number of fused-ring (bicyclic) bond motifs is 4. The summed E-state index contributed by atoms with van der Waals surface area (Å²) in [6, 6.07) is 53.1. The minimum atomic E-state index is 1.33. The van der Waals surface area contributed by atoms with Gasteiger partial charge in [0, 0.05) is 0 Å². The molecule has 7 aromatic carbocycles. The predicted molar refractivity (Wildman–Crippen MR) is 157 cm³/mol. The first-order valence-electron chi connectivity index (χ1n) is 12.5. The molecule has 0 aliphatic rings. The molecule has 0 spiro atoms. The minimum absolute atomic E-state index is 1.33. The Hall–Kier alpha value is -3.67. The van der Waals surface area contributed by atoms with Crippen molar-refractivity contribution in [3.63, 3.8) is 0 Å².